The summed E-state index contributed by atoms with van der Waals surface area (Å²) >= 11 is 0. The van der Waals surface area contributed by atoms with Gasteiger partial charge in [-0.15, -0.1) is 0 Å². The zero-order valence-electron chi connectivity index (χ0n) is 9.37. The molecule has 1 heterocycles. The van der Waals surface area contributed by atoms with Crippen LogP contribution in [0.15, 0.2) is 12.7 Å². The van der Waals surface area contributed by atoms with E-state index >= 15 is 0 Å². The fourth-order valence-electron chi connectivity index (χ4n) is 2.62. The summed E-state index contributed by atoms with van der Waals surface area (Å²) in [5.41, 5.74) is 0. The van der Waals surface area contributed by atoms with Gasteiger partial charge in [-0.1, -0.05) is 13.8 Å². The van der Waals surface area contributed by atoms with Crippen LogP contribution in [0.4, 0.5) is 0 Å². The Balaban J connectivity index is 2.17. The Labute approximate surface area is 90.3 Å². The largest absolute Gasteiger partial charge is 0.393 e. The van der Waals surface area contributed by atoms with Crippen molar-refractivity contribution in [3.63, 3.8) is 0 Å². The van der Waals surface area contributed by atoms with Gasteiger partial charge in [0, 0.05) is 0 Å². The van der Waals surface area contributed by atoms with E-state index in [0.717, 1.165) is 19.3 Å². The highest BCUT2D eigenvalue weighted by molar-refractivity contribution is 4.85. The molecule has 2 rings (SSSR count). The van der Waals surface area contributed by atoms with Crippen LogP contribution in [0.25, 0.3) is 0 Å². The average Bonchev–Trinajstić information content (AvgIpc) is 2.69. The van der Waals surface area contributed by atoms with Crippen LogP contribution in [0.2, 0.25) is 0 Å². The van der Waals surface area contributed by atoms with Crippen LogP contribution in [-0.2, 0) is 0 Å². The molecule has 1 fully saturated rings. The molecule has 4 heteroatoms. The summed E-state index contributed by atoms with van der Waals surface area (Å²) in [4.78, 5) is 3.99. The fraction of sp³-hybridized carbons (Fsp3) is 0.818. The van der Waals surface area contributed by atoms with E-state index in [4.69, 9.17) is 0 Å². The van der Waals surface area contributed by atoms with Gasteiger partial charge in [-0.2, -0.15) is 5.10 Å². The minimum Gasteiger partial charge on any atom is -0.393 e. The topological polar surface area (TPSA) is 50.9 Å². The molecule has 0 bridgehead atoms. The van der Waals surface area contributed by atoms with E-state index in [-0.39, 0.29) is 6.10 Å². The lowest BCUT2D eigenvalue weighted by atomic mass is 9.77. The number of nitrogens with zero attached hydrogens (tertiary/aromatic N) is 3. The molecular weight excluding hydrogens is 190 g/mol. The van der Waals surface area contributed by atoms with E-state index in [1.807, 2.05) is 4.68 Å². The van der Waals surface area contributed by atoms with Gasteiger partial charge < -0.3 is 5.11 Å². The van der Waals surface area contributed by atoms with Crippen LogP contribution in [0, 0.1) is 11.8 Å². The summed E-state index contributed by atoms with van der Waals surface area (Å²) in [6.07, 6.45) is 5.98. The van der Waals surface area contributed by atoms with E-state index in [2.05, 4.69) is 23.9 Å². The first-order chi connectivity index (χ1) is 7.18. The van der Waals surface area contributed by atoms with Crippen molar-refractivity contribution in [1.82, 2.24) is 14.8 Å². The number of aromatic nitrogens is 3. The van der Waals surface area contributed by atoms with Crippen LogP contribution in [0.3, 0.4) is 0 Å². The Kier molecular flexibility index (Phi) is 3.05. The summed E-state index contributed by atoms with van der Waals surface area (Å²) in [5, 5.41) is 13.9. The Bertz CT molecular complexity index is 297. The molecule has 1 saturated carbocycles. The first-order valence-electron chi connectivity index (χ1n) is 5.70. The molecule has 1 aliphatic rings. The van der Waals surface area contributed by atoms with E-state index in [1.165, 1.54) is 0 Å². The predicted octanol–water partition coefficient (Wildman–Crippen LogP) is 1.64. The maximum absolute atomic E-state index is 9.72. The smallest absolute Gasteiger partial charge is 0.137 e. The van der Waals surface area contributed by atoms with Gasteiger partial charge in [0.2, 0.25) is 0 Å². The summed E-state index contributed by atoms with van der Waals surface area (Å²) in [5.74, 6) is 1.24. The second-order valence-corrected chi connectivity index (χ2v) is 4.82. The molecule has 0 saturated heterocycles. The van der Waals surface area contributed by atoms with Crippen molar-refractivity contribution in [1.29, 1.82) is 0 Å². The zero-order valence-corrected chi connectivity index (χ0v) is 9.37. The normalized spacial score (nSPS) is 32.1. The van der Waals surface area contributed by atoms with Gasteiger partial charge in [0.1, 0.15) is 12.7 Å². The van der Waals surface area contributed by atoms with Crippen molar-refractivity contribution in [2.75, 3.05) is 0 Å². The molecule has 84 valence electrons. The van der Waals surface area contributed by atoms with Gasteiger partial charge in [0.15, 0.2) is 0 Å². The van der Waals surface area contributed by atoms with E-state index in [1.54, 1.807) is 12.7 Å². The van der Waals surface area contributed by atoms with Gasteiger partial charge in [0.25, 0.3) is 0 Å². The highest BCUT2D eigenvalue weighted by Gasteiger charge is 2.33. The molecule has 0 aliphatic heterocycles. The molecule has 1 aromatic heterocycles. The standard InChI is InChI=1S/C11H19N3O/c1-8(2)10-4-3-9(15)5-11(10)14-7-12-6-13-14/h6-11,15H,3-5H2,1-2H3. The molecule has 3 unspecified atom stereocenters. The first-order valence-corrected chi connectivity index (χ1v) is 5.70. The average molecular weight is 209 g/mol. The third-order valence-corrected chi connectivity index (χ3v) is 3.47. The van der Waals surface area contributed by atoms with Crippen molar-refractivity contribution in [3.8, 4) is 0 Å². The highest BCUT2D eigenvalue weighted by atomic mass is 16.3. The third kappa shape index (κ3) is 2.20. The minimum atomic E-state index is -0.172. The minimum absolute atomic E-state index is 0.172. The van der Waals surface area contributed by atoms with Crippen molar-refractivity contribution in [3.05, 3.63) is 12.7 Å². The van der Waals surface area contributed by atoms with Crippen LogP contribution in [0.5, 0.6) is 0 Å². The van der Waals surface area contributed by atoms with Crippen LogP contribution in [-0.4, -0.2) is 26.0 Å². The first kappa shape index (κ1) is 10.6. The molecule has 15 heavy (non-hydrogen) atoms. The molecule has 0 amide bonds. The lowest BCUT2D eigenvalue weighted by molar-refractivity contribution is 0.0520. The Morgan fingerprint density at radius 1 is 1.40 bits per heavy atom. The number of aliphatic hydroxyl groups is 1. The second kappa shape index (κ2) is 4.31. The van der Waals surface area contributed by atoms with Crippen molar-refractivity contribution < 1.29 is 5.11 Å². The van der Waals surface area contributed by atoms with Gasteiger partial charge in [-0.25, -0.2) is 9.67 Å². The Morgan fingerprint density at radius 3 is 2.80 bits per heavy atom. The molecule has 1 N–H and O–H groups in total. The third-order valence-electron chi connectivity index (χ3n) is 3.47. The lowest BCUT2D eigenvalue weighted by Gasteiger charge is -2.36. The van der Waals surface area contributed by atoms with Crippen molar-refractivity contribution >= 4 is 0 Å². The number of aliphatic hydroxyl groups excluding tert-OH is 1. The predicted molar refractivity (Wildman–Crippen MR) is 57.2 cm³/mol. The van der Waals surface area contributed by atoms with Gasteiger partial charge in [-0.05, 0) is 31.1 Å². The fourth-order valence-corrected chi connectivity index (χ4v) is 2.62. The number of hydrogen-bond donors (Lipinski definition) is 1. The molecule has 4 nitrogen and oxygen atoms in total. The summed E-state index contributed by atoms with van der Waals surface area (Å²) < 4.78 is 1.91. The number of rotatable bonds is 2. The van der Waals surface area contributed by atoms with Crippen molar-refractivity contribution in [2.24, 2.45) is 11.8 Å². The van der Waals surface area contributed by atoms with Crippen LogP contribution in [0.1, 0.15) is 39.2 Å². The molecule has 1 aromatic rings. The second-order valence-electron chi connectivity index (χ2n) is 4.82. The number of hydrogen-bond acceptors (Lipinski definition) is 3. The monoisotopic (exact) mass is 209 g/mol. The van der Waals surface area contributed by atoms with Crippen LogP contribution < -0.4 is 0 Å². The Morgan fingerprint density at radius 2 is 2.20 bits per heavy atom. The summed E-state index contributed by atoms with van der Waals surface area (Å²) in [6.45, 7) is 4.48. The highest BCUT2D eigenvalue weighted by Crippen LogP contribution is 2.37. The molecule has 0 aromatic carbocycles. The maximum atomic E-state index is 9.72. The molecule has 0 spiro atoms. The molecular formula is C11H19N3O. The van der Waals surface area contributed by atoms with E-state index in [0.29, 0.717) is 17.9 Å². The van der Waals surface area contributed by atoms with Gasteiger partial charge >= 0.3 is 0 Å². The quantitative estimate of drug-likeness (QED) is 0.805. The van der Waals surface area contributed by atoms with Gasteiger partial charge in [-0.3, -0.25) is 0 Å². The zero-order chi connectivity index (χ0) is 10.8. The maximum Gasteiger partial charge on any atom is 0.137 e. The van der Waals surface area contributed by atoms with Crippen molar-refractivity contribution in [2.45, 2.75) is 45.3 Å². The molecule has 1 aliphatic carbocycles. The lowest BCUT2D eigenvalue weighted by Crippen LogP contribution is -2.33. The van der Waals surface area contributed by atoms with E-state index < -0.39 is 0 Å². The van der Waals surface area contributed by atoms with Crippen LogP contribution >= 0.6 is 0 Å². The Hall–Kier alpha value is -0.900. The SMILES string of the molecule is CC(C)C1CCC(O)CC1n1cncn1. The van der Waals surface area contributed by atoms with Gasteiger partial charge in [0.05, 0.1) is 12.1 Å². The summed E-state index contributed by atoms with van der Waals surface area (Å²) in [6, 6.07) is 0.316. The summed E-state index contributed by atoms with van der Waals surface area (Å²) in [7, 11) is 0. The molecule has 0 radical (unpaired) electrons. The molecule has 3 atom stereocenters. The van der Waals surface area contributed by atoms with E-state index in [9.17, 15) is 5.11 Å².